The van der Waals surface area contributed by atoms with Crippen LogP contribution < -0.4 is 0 Å². The number of aryl methyl sites for hydroxylation is 2. The summed E-state index contributed by atoms with van der Waals surface area (Å²) in [5, 5.41) is 4.62. The standard InChI is InChI=1S/C21H30N6O2/c1-13(2)19-18(12-27(24-19)21-22-14(3)9-15(4)23-21)20(29)25(6)10-17-7-8-26(11-17)16(5)28/h9,12-13,17H,7-8,10-11H2,1-6H3. The van der Waals surface area contributed by atoms with Crippen LogP contribution in [0, 0.1) is 19.8 Å². The van der Waals surface area contributed by atoms with Gasteiger partial charge in [0.15, 0.2) is 0 Å². The number of likely N-dealkylation sites (tertiary alicyclic amines) is 1. The summed E-state index contributed by atoms with van der Waals surface area (Å²) in [5.74, 6) is 0.894. The molecule has 1 aliphatic heterocycles. The second-order valence-electron chi connectivity index (χ2n) is 8.28. The predicted octanol–water partition coefficient (Wildman–Crippen LogP) is 2.34. The topological polar surface area (TPSA) is 84.2 Å². The van der Waals surface area contributed by atoms with E-state index in [0.717, 1.165) is 30.0 Å². The van der Waals surface area contributed by atoms with E-state index in [1.807, 2.05) is 45.7 Å². The smallest absolute Gasteiger partial charge is 0.257 e. The van der Waals surface area contributed by atoms with Gasteiger partial charge in [-0.2, -0.15) is 5.10 Å². The Kier molecular flexibility index (Phi) is 6.00. The molecule has 2 amide bonds. The van der Waals surface area contributed by atoms with E-state index < -0.39 is 0 Å². The molecule has 8 nitrogen and oxygen atoms in total. The molecule has 0 bridgehead atoms. The lowest BCUT2D eigenvalue weighted by molar-refractivity contribution is -0.127. The highest BCUT2D eigenvalue weighted by molar-refractivity contribution is 5.95. The number of hydrogen-bond donors (Lipinski definition) is 0. The fraction of sp³-hybridized carbons (Fsp3) is 0.571. The lowest BCUT2D eigenvalue weighted by Crippen LogP contribution is -2.34. The summed E-state index contributed by atoms with van der Waals surface area (Å²) in [6, 6.07) is 1.90. The summed E-state index contributed by atoms with van der Waals surface area (Å²) in [7, 11) is 1.81. The summed E-state index contributed by atoms with van der Waals surface area (Å²) in [6.07, 6.45) is 2.66. The van der Waals surface area contributed by atoms with Crippen molar-refractivity contribution in [2.75, 3.05) is 26.7 Å². The van der Waals surface area contributed by atoms with Gasteiger partial charge in [-0.3, -0.25) is 9.59 Å². The number of carbonyl (C=O) groups excluding carboxylic acids is 2. The normalized spacial score (nSPS) is 16.5. The van der Waals surface area contributed by atoms with E-state index >= 15 is 0 Å². The molecule has 8 heteroatoms. The van der Waals surface area contributed by atoms with E-state index in [9.17, 15) is 9.59 Å². The van der Waals surface area contributed by atoms with Gasteiger partial charge in [-0.05, 0) is 38.2 Å². The van der Waals surface area contributed by atoms with Gasteiger partial charge in [0.05, 0.1) is 11.3 Å². The van der Waals surface area contributed by atoms with Gasteiger partial charge in [-0.15, -0.1) is 0 Å². The third kappa shape index (κ3) is 4.63. The number of carbonyl (C=O) groups is 2. The maximum absolute atomic E-state index is 13.2. The molecular formula is C21H30N6O2. The van der Waals surface area contributed by atoms with Crippen molar-refractivity contribution in [1.82, 2.24) is 29.5 Å². The highest BCUT2D eigenvalue weighted by Gasteiger charge is 2.28. The third-order valence-electron chi connectivity index (χ3n) is 5.31. The van der Waals surface area contributed by atoms with Crippen molar-refractivity contribution in [1.29, 1.82) is 0 Å². The zero-order chi connectivity index (χ0) is 21.3. The van der Waals surface area contributed by atoms with Crippen molar-refractivity contribution in [3.63, 3.8) is 0 Å². The van der Waals surface area contributed by atoms with Crippen LogP contribution in [0.4, 0.5) is 0 Å². The van der Waals surface area contributed by atoms with Crippen LogP contribution in [-0.4, -0.2) is 68.0 Å². The number of rotatable bonds is 5. The Morgan fingerprint density at radius 3 is 2.45 bits per heavy atom. The molecule has 29 heavy (non-hydrogen) atoms. The molecule has 1 fully saturated rings. The molecule has 1 unspecified atom stereocenters. The Morgan fingerprint density at radius 2 is 1.90 bits per heavy atom. The summed E-state index contributed by atoms with van der Waals surface area (Å²) < 4.78 is 1.60. The number of aromatic nitrogens is 4. The molecule has 1 atom stereocenters. The predicted molar refractivity (Wildman–Crippen MR) is 110 cm³/mol. The molecule has 0 spiro atoms. The van der Waals surface area contributed by atoms with E-state index in [-0.39, 0.29) is 17.7 Å². The Hall–Kier alpha value is -2.77. The van der Waals surface area contributed by atoms with Crippen molar-refractivity contribution in [2.24, 2.45) is 5.92 Å². The minimum atomic E-state index is -0.0643. The van der Waals surface area contributed by atoms with Gasteiger partial charge in [0.25, 0.3) is 11.9 Å². The molecular weight excluding hydrogens is 368 g/mol. The minimum absolute atomic E-state index is 0.0643. The lowest BCUT2D eigenvalue weighted by atomic mass is 10.0. The summed E-state index contributed by atoms with van der Waals surface area (Å²) in [5.41, 5.74) is 3.03. The summed E-state index contributed by atoms with van der Waals surface area (Å²) in [6.45, 7) is 11.6. The van der Waals surface area contributed by atoms with Gasteiger partial charge in [0.1, 0.15) is 0 Å². The summed E-state index contributed by atoms with van der Waals surface area (Å²) >= 11 is 0. The van der Waals surface area contributed by atoms with Gasteiger partial charge in [-0.25, -0.2) is 14.6 Å². The number of nitrogens with zero attached hydrogens (tertiary/aromatic N) is 6. The molecule has 0 radical (unpaired) electrons. The van der Waals surface area contributed by atoms with Crippen LogP contribution in [0.25, 0.3) is 5.95 Å². The average molecular weight is 399 g/mol. The zero-order valence-electron chi connectivity index (χ0n) is 18.1. The highest BCUT2D eigenvalue weighted by Crippen LogP contribution is 2.22. The zero-order valence-corrected chi connectivity index (χ0v) is 18.1. The Bertz CT molecular complexity index is 900. The molecule has 1 saturated heterocycles. The molecule has 0 saturated carbocycles. The number of amides is 2. The van der Waals surface area contributed by atoms with Crippen LogP contribution in [0.1, 0.15) is 60.5 Å². The van der Waals surface area contributed by atoms with Crippen LogP contribution in [0.5, 0.6) is 0 Å². The average Bonchev–Trinajstić information content (AvgIpc) is 3.27. The lowest BCUT2D eigenvalue weighted by Gasteiger charge is -2.21. The summed E-state index contributed by atoms with van der Waals surface area (Å²) in [4.78, 5) is 37.3. The maximum Gasteiger partial charge on any atom is 0.257 e. The van der Waals surface area contributed by atoms with Crippen molar-refractivity contribution >= 4 is 11.8 Å². The first kappa shape index (κ1) is 21.0. The molecule has 1 aliphatic rings. The van der Waals surface area contributed by atoms with Crippen LogP contribution in [-0.2, 0) is 4.79 Å². The Balaban J connectivity index is 1.82. The SMILES string of the molecule is CC(=O)N1CCC(CN(C)C(=O)c2cn(-c3nc(C)cc(C)n3)nc2C(C)C)C1. The second-order valence-corrected chi connectivity index (χ2v) is 8.28. The van der Waals surface area contributed by atoms with E-state index in [4.69, 9.17) is 0 Å². The van der Waals surface area contributed by atoms with Crippen molar-refractivity contribution in [3.05, 3.63) is 34.9 Å². The molecule has 3 rings (SSSR count). The van der Waals surface area contributed by atoms with E-state index in [2.05, 4.69) is 15.1 Å². The van der Waals surface area contributed by atoms with Crippen molar-refractivity contribution in [3.8, 4) is 5.95 Å². The van der Waals surface area contributed by atoms with Gasteiger partial charge in [0.2, 0.25) is 5.91 Å². The van der Waals surface area contributed by atoms with Crippen LogP contribution in [0.2, 0.25) is 0 Å². The molecule has 3 heterocycles. The largest absolute Gasteiger partial charge is 0.343 e. The molecule has 0 aromatic carbocycles. The van der Waals surface area contributed by atoms with Crippen LogP contribution in [0.3, 0.4) is 0 Å². The van der Waals surface area contributed by atoms with Gasteiger partial charge < -0.3 is 9.80 Å². The fourth-order valence-corrected chi connectivity index (χ4v) is 3.83. The van der Waals surface area contributed by atoms with E-state index in [1.165, 1.54) is 0 Å². The van der Waals surface area contributed by atoms with Crippen LogP contribution in [0.15, 0.2) is 12.3 Å². The highest BCUT2D eigenvalue weighted by atomic mass is 16.2. The van der Waals surface area contributed by atoms with Gasteiger partial charge in [0, 0.05) is 51.2 Å². The molecule has 0 N–H and O–H groups in total. The Morgan fingerprint density at radius 1 is 1.24 bits per heavy atom. The third-order valence-corrected chi connectivity index (χ3v) is 5.31. The first-order chi connectivity index (χ1) is 13.7. The molecule has 2 aromatic rings. The molecule has 0 aliphatic carbocycles. The first-order valence-electron chi connectivity index (χ1n) is 10.1. The minimum Gasteiger partial charge on any atom is -0.343 e. The fourth-order valence-electron chi connectivity index (χ4n) is 3.83. The van der Waals surface area contributed by atoms with E-state index in [0.29, 0.717) is 30.5 Å². The first-order valence-corrected chi connectivity index (χ1v) is 10.1. The number of hydrogen-bond acceptors (Lipinski definition) is 5. The van der Waals surface area contributed by atoms with Crippen molar-refractivity contribution in [2.45, 2.75) is 47.0 Å². The van der Waals surface area contributed by atoms with Gasteiger partial charge >= 0.3 is 0 Å². The second kappa shape index (κ2) is 8.31. The van der Waals surface area contributed by atoms with Gasteiger partial charge in [-0.1, -0.05) is 13.8 Å². The Labute approximate surface area is 171 Å². The molecule has 156 valence electrons. The quantitative estimate of drug-likeness (QED) is 0.772. The van der Waals surface area contributed by atoms with E-state index in [1.54, 1.807) is 22.7 Å². The van der Waals surface area contributed by atoms with Crippen LogP contribution >= 0.6 is 0 Å². The maximum atomic E-state index is 13.2. The monoisotopic (exact) mass is 398 g/mol. The molecule has 2 aromatic heterocycles. The van der Waals surface area contributed by atoms with Crippen molar-refractivity contribution < 1.29 is 9.59 Å².